The third-order valence-corrected chi connectivity index (χ3v) is 4.30. The minimum Gasteiger partial charge on any atom is -0.497 e. The van der Waals surface area contributed by atoms with E-state index in [1.165, 1.54) is 0 Å². The van der Waals surface area contributed by atoms with Gasteiger partial charge < -0.3 is 14.6 Å². The first-order valence-corrected chi connectivity index (χ1v) is 8.11. The van der Waals surface area contributed by atoms with Gasteiger partial charge in [0.05, 0.1) is 18.7 Å². The monoisotopic (exact) mass is 319 g/mol. The summed E-state index contributed by atoms with van der Waals surface area (Å²) in [5, 5.41) is 2.85. The van der Waals surface area contributed by atoms with Gasteiger partial charge >= 0.3 is 0 Å². The molecule has 0 aliphatic rings. The van der Waals surface area contributed by atoms with Crippen molar-refractivity contribution in [3.05, 3.63) is 43.0 Å². The van der Waals surface area contributed by atoms with E-state index in [-0.39, 0.29) is 11.2 Å². The van der Waals surface area contributed by atoms with Gasteiger partial charge in [0.2, 0.25) is 5.91 Å². The fourth-order valence-electron chi connectivity index (χ4n) is 1.95. The highest BCUT2D eigenvalue weighted by Crippen LogP contribution is 2.25. The van der Waals surface area contributed by atoms with E-state index in [1.807, 2.05) is 42.0 Å². The van der Waals surface area contributed by atoms with Crippen LogP contribution in [0, 0.1) is 0 Å². The number of rotatable bonds is 8. The maximum atomic E-state index is 12.1. The van der Waals surface area contributed by atoms with Gasteiger partial charge in [-0.25, -0.2) is 4.98 Å². The minimum atomic E-state index is -0.123. The maximum Gasteiger partial charge on any atom is 0.233 e. The summed E-state index contributed by atoms with van der Waals surface area (Å²) in [7, 11) is 1.64. The first kappa shape index (κ1) is 16.4. The van der Waals surface area contributed by atoms with Crippen LogP contribution in [0.1, 0.15) is 13.3 Å². The number of thioether (sulfide) groups is 1. The van der Waals surface area contributed by atoms with Crippen molar-refractivity contribution in [2.24, 2.45) is 0 Å². The Balaban J connectivity index is 1.69. The highest BCUT2D eigenvalue weighted by molar-refractivity contribution is 8.00. The van der Waals surface area contributed by atoms with Gasteiger partial charge in [-0.05, 0) is 37.6 Å². The smallest absolute Gasteiger partial charge is 0.233 e. The second-order valence-corrected chi connectivity index (χ2v) is 6.29. The third-order valence-electron chi connectivity index (χ3n) is 3.19. The second kappa shape index (κ2) is 8.48. The second-order valence-electron chi connectivity index (χ2n) is 4.88. The average Bonchev–Trinajstić information content (AvgIpc) is 3.05. The molecule has 0 radical (unpaired) electrons. The lowest BCUT2D eigenvalue weighted by Gasteiger charge is -2.12. The molecule has 0 bridgehead atoms. The molecule has 1 atom stereocenters. The van der Waals surface area contributed by atoms with Crippen LogP contribution in [0.5, 0.6) is 5.75 Å². The van der Waals surface area contributed by atoms with Crippen molar-refractivity contribution >= 4 is 17.7 Å². The summed E-state index contributed by atoms with van der Waals surface area (Å²) in [6.07, 6.45) is 6.35. The molecule has 0 aliphatic carbocycles. The van der Waals surface area contributed by atoms with E-state index in [1.54, 1.807) is 31.4 Å². The number of carbonyl (C=O) groups is 1. The van der Waals surface area contributed by atoms with Crippen molar-refractivity contribution in [1.82, 2.24) is 14.9 Å². The number of nitrogens with one attached hydrogen (secondary N) is 1. The van der Waals surface area contributed by atoms with Crippen LogP contribution in [0.15, 0.2) is 47.9 Å². The Morgan fingerprint density at radius 1 is 1.41 bits per heavy atom. The molecule has 1 amide bonds. The molecule has 2 aromatic rings. The molecule has 0 saturated heterocycles. The molecule has 0 fully saturated rings. The molecule has 1 N–H and O–H groups in total. The van der Waals surface area contributed by atoms with Gasteiger partial charge in [-0.15, -0.1) is 11.8 Å². The van der Waals surface area contributed by atoms with Crippen LogP contribution in [-0.4, -0.2) is 34.4 Å². The average molecular weight is 319 g/mol. The number of aromatic nitrogens is 2. The van der Waals surface area contributed by atoms with Gasteiger partial charge in [0.1, 0.15) is 5.75 Å². The number of nitrogens with zero attached hydrogens (tertiary/aromatic N) is 2. The lowest BCUT2D eigenvalue weighted by atomic mass is 10.3. The highest BCUT2D eigenvalue weighted by Gasteiger charge is 2.13. The lowest BCUT2D eigenvalue weighted by Crippen LogP contribution is -2.32. The normalized spacial score (nSPS) is 11.9. The molecule has 0 spiro atoms. The Morgan fingerprint density at radius 3 is 2.82 bits per heavy atom. The fraction of sp³-hybridized carbons (Fsp3) is 0.375. The van der Waals surface area contributed by atoms with Crippen molar-refractivity contribution in [2.75, 3.05) is 13.7 Å². The zero-order valence-corrected chi connectivity index (χ0v) is 13.7. The van der Waals surface area contributed by atoms with E-state index in [2.05, 4.69) is 10.3 Å². The summed E-state index contributed by atoms with van der Waals surface area (Å²) in [5.74, 6) is 0.882. The standard InChI is InChI=1S/C16H21N3O2S/c1-13(22-15-6-4-14(21-2)5-7-15)16(20)18-8-3-10-19-11-9-17-12-19/h4-7,9,11-13H,3,8,10H2,1-2H3,(H,18,20)/t13-/m0/s1. The molecule has 1 aromatic carbocycles. The lowest BCUT2D eigenvalue weighted by molar-refractivity contribution is -0.120. The van der Waals surface area contributed by atoms with Crippen molar-refractivity contribution in [1.29, 1.82) is 0 Å². The Bertz CT molecular complexity index is 570. The molecule has 118 valence electrons. The zero-order valence-electron chi connectivity index (χ0n) is 12.9. The van der Waals surface area contributed by atoms with E-state index < -0.39 is 0 Å². The number of aryl methyl sites for hydroxylation is 1. The van der Waals surface area contributed by atoms with Crippen molar-refractivity contribution < 1.29 is 9.53 Å². The van der Waals surface area contributed by atoms with E-state index in [4.69, 9.17) is 4.74 Å². The summed E-state index contributed by atoms with van der Waals surface area (Å²) in [4.78, 5) is 17.1. The molecule has 0 saturated carbocycles. The van der Waals surface area contributed by atoms with Crippen LogP contribution in [0.2, 0.25) is 0 Å². The summed E-state index contributed by atoms with van der Waals surface area (Å²) >= 11 is 1.54. The van der Waals surface area contributed by atoms with Gasteiger partial charge in [0.15, 0.2) is 0 Å². The minimum absolute atomic E-state index is 0.0615. The van der Waals surface area contributed by atoms with Crippen LogP contribution in [0.25, 0.3) is 0 Å². The molecule has 2 rings (SSSR count). The molecule has 1 heterocycles. The van der Waals surface area contributed by atoms with E-state index in [0.717, 1.165) is 23.6 Å². The number of imidazole rings is 1. The van der Waals surface area contributed by atoms with Gasteiger partial charge in [0.25, 0.3) is 0 Å². The van der Waals surface area contributed by atoms with Crippen LogP contribution in [0.4, 0.5) is 0 Å². The number of amides is 1. The Morgan fingerprint density at radius 2 is 2.18 bits per heavy atom. The molecule has 5 nitrogen and oxygen atoms in total. The Labute approximate surface area is 135 Å². The molecule has 1 aromatic heterocycles. The SMILES string of the molecule is COc1ccc(S[C@@H](C)C(=O)NCCCn2ccnc2)cc1. The maximum absolute atomic E-state index is 12.1. The van der Waals surface area contributed by atoms with Gasteiger partial charge in [-0.1, -0.05) is 0 Å². The predicted molar refractivity (Wildman–Crippen MR) is 88.2 cm³/mol. The largest absolute Gasteiger partial charge is 0.497 e. The Kier molecular flexibility index (Phi) is 6.33. The Hall–Kier alpha value is -1.95. The van der Waals surface area contributed by atoms with Crippen molar-refractivity contribution in [3.8, 4) is 5.75 Å². The summed E-state index contributed by atoms with van der Waals surface area (Å²) in [6.45, 7) is 3.45. The molecule has 6 heteroatoms. The molecule has 0 unspecified atom stereocenters. The number of methoxy groups -OCH3 is 1. The molecule has 22 heavy (non-hydrogen) atoms. The zero-order chi connectivity index (χ0) is 15.8. The fourth-order valence-corrected chi connectivity index (χ4v) is 2.84. The number of carbonyl (C=O) groups excluding carboxylic acids is 1. The summed E-state index contributed by atoms with van der Waals surface area (Å²) in [6, 6.07) is 7.73. The molecular weight excluding hydrogens is 298 g/mol. The van der Waals surface area contributed by atoms with E-state index >= 15 is 0 Å². The highest BCUT2D eigenvalue weighted by atomic mass is 32.2. The number of benzene rings is 1. The molecular formula is C16H21N3O2S. The van der Waals surface area contributed by atoms with Gasteiger partial charge in [-0.3, -0.25) is 4.79 Å². The van der Waals surface area contributed by atoms with Gasteiger partial charge in [0, 0.05) is 30.4 Å². The quantitative estimate of drug-likeness (QED) is 0.600. The van der Waals surface area contributed by atoms with E-state index in [0.29, 0.717) is 6.54 Å². The predicted octanol–water partition coefficient (Wildman–Crippen LogP) is 2.58. The molecule has 0 aliphatic heterocycles. The number of hydrogen-bond donors (Lipinski definition) is 1. The van der Waals surface area contributed by atoms with Crippen molar-refractivity contribution in [2.45, 2.75) is 30.0 Å². The first-order chi connectivity index (χ1) is 10.7. The topological polar surface area (TPSA) is 56.1 Å². The number of ether oxygens (including phenoxy) is 1. The van der Waals surface area contributed by atoms with Crippen LogP contribution >= 0.6 is 11.8 Å². The van der Waals surface area contributed by atoms with E-state index in [9.17, 15) is 4.79 Å². The van der Waals surface area contributed by atoms with Crippen LogP contribution in [0.3, 0.4) is 0 Å². The summed E-state index contributed by atoms with van der Waals surface area (Å²) in [5.41, 5.74) is 0. The van der Waals surface area contributed by atoms with Crippen LogP contribution in [-0.2, 0) is 11.3 Å². The van der Waals surface area contributed by atoms with Crippen molar-refractivity contribution in [3.63, 3.8) is 0 Å². The summed E-state index contributed by atoms with van der Waals surface area (Å²) < 4.78 is 7.12. The van der Waals surface area contributed by atoms with Gasteiger partial charge in [-0.2, -0.15) is 0 Å². The third kappa shape index (κ3) is 5.11. The number of hydrogen-bond acceptors (Lipinski definition) is 4. The first-order valence-electron chi connectivity index (χ1n) is 7.23. The van der Waals surface area contributed by atoms with Crippen LogP contribution < -0.4 is 10.1 Å².